The minimum Gasteiger partial charge on any atom is -0.494 e. The van der Waals surface area contributed by atoms with Gasteiger partial charge in [0.2, 0.25) is 5.91 Å². The zero-order valence-electron chi connectivity index (χ0n) is 26.1. The number of para-hydroxylation sites is 2. The van der Waals surface area contributed by atoms with E-state index in [-0.39, 0.29) is 11.7 Å². The van der Waals surface area contributed by atoms with Crippen molar-refractivity contribution in [1.82, 2.24) is 0 Å². The predicted molar refractivity (Wildman–Crippen MR) is 179 cm³/mol. The predicted octanol–water partition coefficient (Wildman–Crippen LogP) is 7.50. The molecule has 45 heavy (non-hydrogen) atoms. The molecular formula is C38H42N2O5. The van der Waals surface area contributed by atoms with Crippen molar-refractivity contribution < 1.29 is 23.9 Å². The first-order valence-corrected chi connectivity index (χ1v) is 15.6. The average molecular weight is 607 g/mol. The van der Waals surface area contributed by atoms with Crippen LogP contribution >= 0.6 is 0 Å². The zero-order valence-corrected chi connectivity index (χ0v) is 26.1. The normalized spacial score (nSPS) is 11.3. The lowest BCUT2D eigenvalue weighted by molar-refractivity contribution is -0.141. The van der Waals surface area contributed by atoms with Crippen LogP contribution in [-0.4, -0.2) is 44.0 Å². The summed E-state index contributed by atoms with van der Waals surface area (Å²) >= 11 is 0. The summed E-state index contributed by atoms with van der Waals surface area (Å²) in [4.78, 5) is 40.8. The Hall–Kier alpha value is -4.91. The van der Waals surface area contributed by atoms with Crippen molar-refractivity contribution >= 4 is 29.0 Å². The fraction of sp³-hybridized carbons (Fsp3) is 0.289. The van der Waals surface area contributed by atoms with Crippen molar-refractivity contribution in [2.24, 2.45) is 0 Å². The molecule has 0 saturated heterocycles. The first kappa shape index (κ1) is 33.0. The zero-order chi connectivity index (χ0) is 31.9. The van der Waals surface area contributed by atoms with Gasteiger partial charge in [-0.05, 0) is 54.8 Å². The van der Waals surface area contributed by atoms with E-state index in [4.69, 9.17) is 9.47 Å². The van der Waals surface area contributed by atoms with Crippen LogP contribution < -0.4 is 15.0 Å². The van der Waals surface area contributed by atoms with Gasteiger partial charge >= 0.3 is 5.97 Å². The van der Waals surface area contributed by atoms with Crippen LogP contribution in [0.25, 0.3) is 0 Å². The minimum absolute atomic E-state index is 0.128. The molecule has 4 aromatic rings. The third-order valence-corrected chi connectivity index (χ3v) is 7.54. The SMILES string of the molecule is CCCCCC(=O)N(CCCOc1ccc(C[C@H](Nc2ccccc2C(=O)c2ccccc2)C(=O)OC)cc1)c1ccccc1. The quantitative estimate of drug-likeness (QED) is 0.0761. The van der Waals surface area contributed by atoms with Crippen LogP contribution in [0, 0.1) is 0 Å². The van der Waals surface area contributed by atoms with Crippen LogP contribution in [0.5, 0.6) is 5.75 Å². The van der Waals surface area contributed by atoms with Gasteiger partial charge in [-0.1, -0.05) is 92.6 Å². The number of unbranched alkanes of at least 4 members (excludes halogenated alkanes) is 2. The molecule has 0 saturated carbocycles. The van der Waals surface area contributed by atoms with Crippen LogP contribution in [0.4, 0.5) is 11.4 Å². The van der Waals surface area contributed by atoms with E-state index in [2.05, 4.69) is 12.2 Å². The van der Waals surface area contributed by atoms with Gasteiger partial charge in [0, 0.05) is 41.9 Å². The number of nitrogens with zero attached hydrogens (tertiary/aromatic N) is 1. The number of ether oxygens (including phenoxy) is 2. The number of carbonyl (C=O) groups is 3. The number of hydrogen-bond donors (Lipinski definition) is 1. The van der Waals surface area contributed by atoms with Gasteiger partial charge in [-0.25, -0.2) is 4.79 Å². The van der Waals surface area contributed by atoms with Crippen LogP contribution in [-0.2, 0) is 20.7 Å². The number of ketones is 1. The number of anilines is 2. The van der Waals surface area contributed by atoms with Gasteiger partial charge in [0.1, 0.15) is 11.8 Å². The summed E-state index contributed by atoms with van der Waals surface area (Å²) < 4.78 is 11.1. The van der Waals surface area contributed by atoms with Gasteiger partial charge in [0.15, 0.2) is 5.78 Å². The van der Waals surface area contributed by atoms with Crippen LogP contribution in [0.1, 0.15) is 60.5 Å². The first-order chi connectivity index (χ1) is 22.0. The molecule has 7 heteroatoms. The van der Waals surface area contributed by atoms with Gasteiger partial charge in [-0.15, -0.1) is 0 Å². The Balaban J connectivity index is 1.35. The van der Waals surface area contributed by atoms with E-state index in [0.29, 0.717) is 55.0 Å². The van der Waals surface area contributed by atoms with Gasteiger partial charge in [-0.3, -0.25) is 9.59 Å². The van der Waals surface area contributed by atoms with E-state index in [1.54, 1.807) is 30.3 Å². The summed E-state index contributed by atoms with van der Waals surface area (Å²) in [5, 5.41) is 3.24. The molecule has 0 fully saturated rings. The number of amides is 1. The largest absolute Gasteiger partial charge is 0.494 e. The molecule has 0 spiro atoms. The Kier molecular flexibility index (Phi) is 12.8. The molecule has 0 aliphatic rings. The molecule has 7 nitrogen and oxygen atoms in total. The smallest absolute Gasteiger partial charge is 0.328 e. The maximum absolute atomic E-state index is 13.2. The van der Waals surface area contributed by atoms with E-state index in [1.165, 1.54) is 7.11 Å². The highest BCUT2D eigenvalue weighted by Crippen LogP contribution is 2.23. The van der Waals surface area contributed by atoms with E-state index in [0.717, 1.165) is 30.5 Å². The molecule has 1 atom stereocenters. The van der Waals surface area contributed by atoms with Crippen molar-refractivity contribution in [2.75, 3.05) is 30.5 Å². The third-order valence-electron chi connectivity index (χ3n) is 7.54. The van der Waals surface area contributed by atoms with E-state index >= 15 is 0 Å². The maximum Gasteiger partial charge on any atom is 0.328 e. The van der Waals surface area contributed by atoms with E-state index in [9.17, 15) is 14.4 Å². The van der Waals surface area contributed by atoms with Crippen molar-refractivity contribution in [3.8, 4) is 5.75 Å². The third kappa shape index (κ3) is 9.80. The van der Waals surface area contributed by atoms with E-state index < -0.39 is 12.0 Å². The first-order valence-electron chi connectivity index (χ1n) is 15.6. The summed E-state index contributed by atoms with van der Waals surface area (Å²) in [6.07, 6.45) is 4.60. The molecule has 0 bridgehead atoms. The number of methoxy groups -OCH3 is 1. The van der Waals surface area contributed by atoms with Crippen LogP contribution in [0.15, 0.2) is 109 Å². The second-order valence-electron chi connectivity index (χ2n) is 10.8. The second kappa shape index (κ2) is 17.4. The molecule has 0 aromatic heterocycles. The molecular weight excluding hydrogens is 564 g/mol. The number of carbonyl (C=O) groups excluding carboxylic acids is 3. The molecule has 4 rings (SSSR count). The molecule has 0 aliphatic heterocycles. The Morgan fingerprint density at radius 1 is 0.778 bits per heavy atom. The molecule has 0 radical (unpaired) electrons. The number of hydrogen-bond acceptors (Lipinski definition) is 6. The highest BCUT2D eigenvalue weighted by atomic mass is 16.5. The average Bonchev–Trinajstić information content (AvgIpc) is 3.09. The van der Waals surface area contributed by atoms with Gasteiger partial charge in [0.05, 0.1) is 13.7 Å². The summed E-state index contributed by atoms with van der Waals surface area (Å²) in [6.45, 7) is 3.17. The van der Waals surface area contributed by atoms with Gasteiger partial charge in [0.25, 0.3) is 0 Å². The lowest BCUT2D eigenvalue weighted by Gasteiger charge is -2.23. The van der Waals surface area contributed by atoms with Crippen LogP contribution in [0.2, 0.25) is 0 Å². The Bertz CT molecular complexity index is 1510. The highest BCUT2D eigenvalue weighted by Gasteiger charge is 2.23. The maximum atomic E-state index is 13.2. The minimum atomic E-state index is -0.703. The van der Waals surface area contributed by atoms with Gasteiger partial charge < -0.3 is 19.7 Å². The van der Waals surface area contributed by atoms with Gasteiger partial charge in [-0.2, -0.15) is 0 Å². The lowest BCUT2D eigenvalue weighted by atomic mass is 10.00. The summed E-state index contributed by atoms with van der Waals surface area (Å²) in [5.41, 5.74) is 3.43. The Morgan fingerprint density at radius 3 is 2.13 bits per heavy atom. The molecule has 1 N–H and O–H groups in total. The monoisotopic (exact) mass is 606 g/mol. The Morgan fingerprint density at radius 2 is 1.44 bits per heavy atom. The summed E-state index contributed by atoms with van der Waals surface area (Å²) in [6, 6.07) is 32.9. The summed E-state index contributed by atoms with van der Waals surface area (Å²) in [5.74, 6) is 0.293. The van der Waals surface area contributed by atoms with Crippen molar-refractivity contribution in [2.45, 2.75) is 51.5 Å². The molecule has 0 heterocycles. The molecule has 4 aromatic carbocycles. The second-order valence-corrected chi connectivity index (χ2v) is 10.8. The number of rotatable bonds is 17. The van der Waals surface area contributed by atoms with E-state index in [1.807, 2.05) is 83.8 Å². The highest BCUT2D eigenvalue weighted by molar-refractivity contribution is 6.12. The number of benzene rings is 4. The summed E-state index contributed by atoms with van der Waals surface area (Å²) in [7, 11) is 1.35. The molecule has 0 aliphatic carbocycles. The standard InChI is InChI=1S/C38H42N2O5/c1-3-4-7-21-36(41)40(31-17-10-6-11-18-31)26-14-27-45-32-24-22-29(23-25-32)28-35(38(43)44-2)39-34-20-13-12-19-33(34)37(42)30-15-8-5-9-16-30/h5-6,8-13,15-20,22-25,35,39H,3-4,7,14,21,26-28H2,1-2H3/t35-/m0/s1. The van der Waals surface area contributed by atoms with Crippen LogP contribution in [0.3, 0.4) is 0 Å². The molecule has 1 amide bonds. The fourth-order valence-corrected chi connectivity index (χ4v) is 5.11. The van der Waals surface area contributed by atoms with Crippen molar-refractivity contribution in [3.63, 3.8) is 0 Å². The number of nitrogens with one attached hydrogen (secondary N) is 1. The van der Waals surface area contributed by atoms with Crippen molar-refractivity contribution in [3.05, 3.63) is 126 Å². The molecule has 234 valence electrons. The van der Waals surface area contributed by atoms with Crippen molar-refractivity contribution in [1.29, 1.82) is 0 Å². The number of esters is 1. The Labute approximate surface area is 266 Å². The fourth-order valence-electron chi connectivity index (χ4n) is 5.11. The molecule has 0 unspecified atom stereocenters. The topological polar surface area (TPSA) is 84.9 Å². The lowest BCUT2D eigenvalue weighted by Crippen LogP contribution is -2.33.